The average molecular weight is 351 g/mol. The molecule has 2 aliphatic rings. The molecule has 0 bridgehead atoms. The largest absolute Gasteiger partial charge is 0.481 e. The summed E-state index contributed by atoms with van der Waals surface area (Å²) in [6, 6.07) is 6.41. The highest BCUT2D eigenvalue weighted by atomic mass is 32.2. The minimum atomic E-state index is -3.63. The van der Waals surface area contributed by atoms with Gasteiger partial charge in [-0.2, -0.15) is 0 Å². The number of rotatable bonds is 3. The van der Waals surface area contributed by atoms with Gasteiger partial charge in [-0.3, -0.25) is 19.3 Å². The van der Waals surface area contributed by atoms with Crippen molar-refractivity contribution in [1.82, 2.24) is 9.62 Å². The number of nitrogens with one attached hydrogen (secondary N) is 1. The summed E-state index contributed by atoms with van der Waals surface area (Å²) in [5.74, 6) is -1.62. The van der Waals surface area contributed by atoms with E-state index in [2.05, 4.69) is 9.71 Å². The van der Waals surface area contributed by atoms with Gasteiger partial charge >= 0.3 is 5.97 Å². The molecule has 1 aromatic rings. The Balaban J connectivity index is 1.73. The number of aliphatic imine (C=N–C) groups is 1. The summed E-state index contributed by atoms with van der Waals surface area (Å²) in [4.78, 5) is 29.0. The summed E-state index contributed by atoms with van der Waals surface area (Å²) in [6.45, 7) is 0.440. The zero-order valence-electron chi connectivity index (χ0n) is 12.8. The molecule has 9 heteroatoms. The highest BCUT2D eigenvalue weighted by Gasteiger charge is 2.31. The van der Waals surface area contributed by atoms with E-state index in [-0.39, 0.29) is 29.7 Å². The Labute approximate surface area is 139 Å². The van der Waals surface area contributed by atoms with Crippen LogP contribution in [0.25, 0.3) is 0 Å². The molecule has 1 saturated heterocycles. The number of amidine groups is 1. The van der Waals surface area contributed by atoms with Crippen molar-refractivity contribution in [3.63, 3.8) is 0 Å². The number of nitrogens with zero attached hydrogens (tertiary/aromatic N) is 2. The molecule has 0 radical (unpaired) electrons. The van der Waals surface area contributed by atoms with E-state index >= 15 is 0 Å². The number of carboxylic acid groups (broad SMARTS) is 1. The third kappa shape index (κ3) is 3.12. The first-order valence-corrected chi connectivity index (χ1v) is 9.04. The zero-order valence-corrected chi connectivity index (χ0v) is 13.6. The van der Waals surface area contributed by atoms with E-state index in [9.17, 15) is 18.0 Å². The molecule has 1 unspecified atom stereocenters. The van der Waals surface area contributed by atoms with Crippen LogP contribution in [-0.2, 0) is 19.6 Å². The van der Waals surface area contributed by atoms with E-state index in [0.29, 0.717) is 24.9 Å². The lowest BCUT2D eigenvalue weighted by Crippen LogP contribution is -2.43. The quantitative estimate of drug-likeness (QED) is 0.798. The van der Waals surface area contributed by atoms with Gasteiger partial charge in [0.1, 0.15) is 12.4 Å². The highest BCUT2D eigenvalue weighted by Crippen LogP contribution is 2.22. The molecule has 0 saturated carbocycles. The fourth-order valence-corrected chi connectivity index (χ4v) is 4.15. The van der Waals surface area contributed by atoms with Crippen molar-refractivity contribution in [2.24, 2.45) is 10.9 Å². The van der Waals surface area contributed by atoms with Crippen LogP contribution in [0.5, 0.6) is 0 Å². The Bertz CT molecular complexity index is 818. The first kappa shape index (κ1) is 16.4. The SMILES string of the molecule is O=C(O)C1CCCN(C(=O)CN=C2NS(=O)(=O)c3ccccc32)C1. The summed E-state index contributed by atoms with van der Waals surface area (Å²) in [5.41, 5.74) is 0.437. The Morgan fingerprint density at radius 2 is 2.08 bits per heavy atom. The van der Waals surface area contributed by atoms with Crippen LogP contribution >= 0.6 is 0 Å². The van der Waals surface area contributed by atoms with Crippen molar-refractivity contribution in [3.05, 3.63) is 29.8 Å². The third-order valence-electron chi connectivity index (χ3n) is 4.16. The number of piperidine rings is 1. The van der Waals surface area contributed by atoms with Gasteiger partial charge in [0.05, 0.1) is 10.8 Å². The molecule has 1 fully saturated rings. The fraction of sp³-hybridized carbons (Fsp3) is 0.400. The van der Waals surface area contributed by atoms with Crippen LogP contribution in [0.15, 0.2) is 34.2 Å². The molecule has 1 aromatic carbocycles. The Morgan fingerprint density at radius 1 is 1.33 bits per heavy atom. The summed E-state index contributed by atoms with van der Waals surface area (Å²) in [7, 11) is -3.63. The van der Waals surface area contributed by atoms with Crippen LogP contribution < -0.4 is 4.72 Å². The monoisotopic (exact) mass is 351 g/mol. The molecule has 128 valence electrons. The second kappa shape index (κ2) is 6.23. The van der Waals surface area contributed by atoms with Gasteiger partial charge in [-0.15, -0.1) is 0 Å². The van der Waals surface area contributed by atoms with Crippen LogP contribution in [0.1, 0.15) is 18.4 Å². The maximum atomic E-state index is 12.2. The first-order valence-electron chi connectivity index (χ1n) is 7.56. The molecule has 3 rings (SSSR count). The van der Waals surface area contributed by atoms with E-state index in [0.717, 1.165) is 0 Å². The third-order valence-corrected chi connectivity index (χ3v) is 5.56. The fourth-order valence-electron chi connectivity index (χ4n) is 2.90. The zero-order chi connectivity index (χ0) is 17.3. The van der Waals surface area contributed by atoms with Gasteiger partial charge in [0.2, 0.25) is 5.91 Å². The number of hydrogen-bond donors (Lipinski definition) is 2. The number of carbonyl (C=O) groups excluding carboxylic acids is 1. The minimum Gasteiger partial charge on any atom is -0.481 e. The molecule has 1 atom stereocenters. The molecule has 24 heavy (non-hydrogen) atoms. The summed E-state index contributed by atoms with van der Waals surface area (Å²) in [5, 5.41) is 9.06. The summed E-state index contributed by atoms with van der Waals surface area (Å²) < 4.78 is 26.3. The Hall–Kier alpha value is -2.42. The van der Waals surface area contributed by atoms with Crippen LogP contribution in [-0.4, -0.2) is 55.8 Å². The lowest BCUT2D eigenvalue weighted by Gasteiger charge is -2.30. The molecule has 0 aromatic heterocycles. The van der Waals surface area contributed by atoms with Crippen LogP contribution in [0.2, 0.25) is 0 Å². The molecular weight excluding hydrogens is 334 g/mol. The summed E-state index contributed by atoms with van der Waals surface area (Å²) >= 11 is 0. The topological polar surface area (TPSA) is 116 Å². The number of fused-ring (bicyclic) bond motifs is 1. The Kier molecular flexibility index (Phi) is 4.27. The summed E-state index contributed by atoms with van der Waals surface area (Å²) in [6.07, 6.45) is 1.19. The normalized spacial score (nSPS) is 23.6. The van der Waals surface area contributed by atoms with E-state index in [1.165, 1.54) is 11.0 Å². The number of hydrogen-bond acceptors (Lipinski definition) is 5. The Morgan fingerprint density at radius 3 is 2.83 bits per heavy atom. The molecular formula is C15H17N3O5S. The van der Waals surface area contributed by atoms with Crippen molar-refractivity contribution < 1.29 is 23.1 Å². The van der Waals surface area contributed by atoms with Crippen molar-refractivity contribution in [3.8, 4) is 0 Å². The lowest BCUT2D eigenvalue weighted by atomic mass is 9.98. The van der Waals surface area contributed by atoms with Crippen LogP contribution in [0.4, 0.5) is 0 Å². The van der Waals surface area contributed by atoms with Gasteiger partial charge in [0, 0.05) is 18.7 Å². The van der Waals surface area contributed by atoms with E-state index < -0.39 is 21.9 Å². The smallest absolute Gasteiger partial charge is 0.308 e. The number of benzene rings is 1. The van der Waals surface area contributed by atoms with Gasteiger partial charge in [0.25, 0.3) is 10.0 Å². The molecule has 2 N–H and O–H groups in total. The van der Waals surface area contributed by atoms with Crippen LogP contribution in [0, 0.1) is 5.92 Å². The lowest BCUT2D eigenvalue weighted by molar-refractivity contribution is -0.145. The number of carbonyl (C=O) groups is 2. The average Bonchev–Trinajstić information content (AvgIpc) is 2.84. The molecule has 0 aliphatic carbocycles. The number of sulfonamides is 1. The maximum Gasteiger partial charge on any atom is 0.308 e. The van der Waals surface area contributed by atoms with Crippen LogP contribution in [0.3, 0.4) is 0 Å². The molecule has 1 amide bonds. The van der Waals surface area contributed by atoms with Gasteiger partial charge in [0.15, 0.2) is 0 Å². The van der Waals surface area contributed by atoms with Gasteiger partial charge < -0.3 is 10.0 Å². The van der Waals surface area contributed by atoms with E-state index in [1.807, 2.05) is 0 Å². The number of likely N-dealkylation sites (tertiary alicyclic amines) is 1. The predicted octanol–water partition coefficient (Wildman–Crippen LogP) is 0.0483. The number of carboxylic acids is 1. The van der Waals surface area contributed by atoms with E-state index in [4.69, 9.17) is 5.11 Å². The molecule has 0 spiro atoms. The molecule has 2 heterocycles. The van der Waals surface area contributed by atoms with Crippen molar-refractivity contribution >= 4 is 27.7 Å². The second-order valence-corrected chi connectivity index (χ2v) is 7.43. The van der Waals surface area contributed by atoms with Crippen molar-refractivity contribution in [2.75, 3.05) is 19.6 Å². The van der Waals surface area contributed by atoms with Crippen molar-refractivity contribution in [2.45, 2.75) is 17.7 Å². The van der Waals surface area contributed by atoms with Gasteiger partial charge in [-0.1, -0.05) is 12.1 Å². The van der Waals surface area contributed by atoms with Gasteiger partial charge in [-0.25, -0.2) is 8.42 Å². The van der Waals surface area contributed by atoms with E-state index in [1.54, 1.807) is 18.2 Å². The standard InChI is InChI=1S/C15H17N3O5S/c19-13(18-7-3-4-10(9-18)15(20)21)8-16-14-11-5-1-2-6-12(11)24(22,23)17-14/h1-2,5-6,10H,3-4,7-9H2,(H,16,17)(H,20,21). The predicted molar refractivity (Wildman–Crippen MR) is 85.1 cm³/mol. The molecule has 2 aliphatic heterocycles. The van der Waals surface area contributed by atoms with Gasteiger partial charge in [-0.05, 0) is 25.0 Å². The minimum absolute atomic E-state index is 0.139. The first-order chi connectivity index (χ1) is 11.4. The highest BCUT2D eigenvalue weighted by molar-refractivity contribution is 7.90. The number of amides is 1. The second-order valence-electron chi connectivity index (χ2n) is 5.78. The number of aliphatic carboxylic acids is 1. The molecule has 8 nitrogen and oxygen atoms in total. The maximum absolute atomic E-state index is 12.2. The van der Waals surface area contributed by atoms with Crippen molar-refractivity contribution in [1.29, 1.82) is 0 Å².